The summed E-state index contributed by atoms with van der Waals surface area (Å²) in [6.45, 7) is 4.02. The van der Waals surface area contributed by atoms with Crippen molar-refractivity contribution in [1.82, 2.24) is 15.2 Å². The van der Waals surface area contributed by atoms with Crippen molar-refractivity contribution in [2.75, 3.05) is 19.7 Å². The summed E-state index contributed by atoms with van der Waals surface area (Å²) in [5.41, 5.74) is 1.31. The molecule has 1 atom stereocenters. The molecule has 166 valence electrons. The van der Waals surface area contributed by atoms with E-state index in [9.17, 15) is 9.59 Å². The molecule has 0 aliphatic carbocycles. The van der Waals surface area contributed by atoms with Crippen LogP contribution in [0.2, 0.25) is 10.0 Å². The maximum absolute atomic E-state index is 12.8. The van der Waals surface area contributed by atoms with E-state index in [0.29, 0.717) is 47.7 Å². The highest BCUT2D eigenvalue weighted by molar-refractivity contribution is 6.42. The Morgan fingerprint density at radius 3 is 2.87 bits per heavy atom. The van der Waals surface area contributed by atoms with Crippen molar-refractivity contribution in [3.63, 3.8) is 0 Å². The third-order valence-electron chi connectivity index (χ3n) is 5.29. The zero-order valence-electron chi connectivity index (χ0n) is 17.6. The van der Waals surface area contributed by atoms with Crippen LogP contribution in [0.3, 0.4) is 0 Å². The number of hydrogen-bond donors (Lipinski definition) is 1. The average Bonchev–Trinajstić information content (AvgIpc) is 2.79. The van der Waals surface area contributed by atoms with Gasteiger partial charge < -0.3 is 15.0 Å². The van der Waals surface area contributed by atoms with Crippen LogP contribution in [0.4, 0.5) is 0 Å². The van der Waals surface area contributed by atoms with Gasteiger partial charge in [-0.1, -0.05) is 42.6 Å². The molecule has 1 aromatic heterocycles. The second kappa shape index (κ2) is 11.3. The molecule has 0 bridgehead atoms. The van der Waals surface area contributed by atoms with E-state index < -0.39 is 0 Å². The van der Waals surface area contributed by atoms with Crippen molar-refractivity contribution in [2.24, 2.45) is 5.92 Å². The number of likely N-dealkylation sites (tertiary alicyclic amines) is 1. The molecule has 2 heterocycles. The van der Waals surface area contributed by atoms with E-state index in [1.165, 1.54) is 0 Å². The van der Waals surface area contributed by atoms with E-state index in [-0.39, 0.29) is 17.7 Å². The number of nitrogens with zero attached hydrogens (tertiary/aromatic N) is 2. The van der Waals surface area contributed by atoms with Crippen molar-refractivity contribution in [2.45, 2.75) is 39.2 Å². The topological polar surface area (TPSA) is 71.5 Å². The normalized spacial score (nSPS) is 16.1. The first-order valence-electron chi connectivity index (χ1n) is 10.6. The molecule has 6 nitrogen and oxygen atoms in total. The maximum Gasteiger partial charge on any atom is 0.253 e. The highest BCUT2D eigenvalue weighted by Crippen LogP contribution is 2.25. The molecule has 2 aromatic rings. The van der Waals surface area contributed by atoms with Crippen molar-refractivity contribution in [3.8, 4) is 5.88 Å². The Kier molecular flexibility index (Phi) is 8.55. The van der Waals surface area contributed by atoms with Crippen molar-refractivity contribution in [1.29, 1.82) is 0 Å². The highest BCUT2D eigenvalue weighted by Gasteiger charge is 2.29. The minimum absolute atomic E-state index is 0.0741. The van der Waals surface area contributed by atoms with Gasteiger partial charge in [0.25, 0.3) is 5.91 Å². The summed E-state index contributed by atoms with van der Waals surface area (Å²) in [4.78, 5) is 31.6. The number of carbonyl (C=O) groups excluding carboxylic acids is 2. The summed E-state index contributed by atoms with van der Waals surface area (Å²) in [6.07, 6.45) is 5.18. The number of pyridine rings is 1. The summed E-state index contributed by atoms with van der Waals surface area (Å²) >= 11 is 12.0. The number of carbonyl (C=O) groups is 2. The van der Waals surface area contributed by atoms with Gasteiger partial charge in [-0.3, -0.25) is 9.59 Å². The van der Waals surface area contributed by atoms with Crippen LogP contribution >= 0.6 is 23.2 Å². The van der Waals surface area contributed by atoms with Crippen LogP contribution in [0.1, 0.15) is 48.5 Å². The molecule has 1 unspecified atom stereocenters. The lowest BCUT2D eigenvalue weighted by Crippen LogP contribution is -2.45. The smallest absolute Gasteiger partial charge is 0.253 e. The fourth-order valence-corrected chi connectivity index (χ4v) is 3.81. The number of ether oxygens (including phenoxy) is 1. The van der Waals surface area contributed by atoms with Crippen LogP contribution < -0.4 is 10.1 Å². The third kappa shape index (κ3) is 6.34. The SMILES string of the molecule is CCCCOc1ncccc1CNC(=O)C1CCCN(C(=O)c2ccc(Cl)c(Cl)c2)C1. The van der Waals surface area contributed by atoms with Crippen LogP contribution in [0, 0.1) is 5.92 Å². The van der Waals surface area contributed by atoms with Gasteiger partial charge in [-0.15, -0.1) is 0 Å². The number of piperidine rings is 1. The van der Waals surface area contributed by atoms with Crippen molar-refractivity contribution >= 4 is 35.0 Å². The number of nitrogens with one attached hydrogen (secondary N) is 1. The minimum Gasteiger partial charge on any atom is -0.477 e. The summed E-state index contributed by atoms with van der Waals surface area (Å²) in [7, 11) is 0. The molecule has 1 saturated heterocycles. The number of halogens is 2. The van der Waals surface area contributed by atoms with Crippen molar-refractivity contribution < 1.29 is 14.3 Å². The zero-order chi connectivity index (χ0) is 22.2. The Morgan fingerprint density at radius 1 is 1.26 bits per heavy atom. The van der Waals surface area contributed by atoms with Crippen molar-refractivity contribution in [3.05, 3.63) is 57.7 Å². The van der Waals surface area contributed by atoms with E-state index in [0.717, 1.165) is 31.2 Å². The molecule has 0 radical (unpaired) electrons. The Morgan fingerprint density at radius 2 is 2.10 bits per heavy atom. The lowest BCUT2D eigenvalue weighted by Gasteiger charge is -2.32. The molecule has 1 aliphatic rings. The molecule has 8 heteroatoms. The van der Waals surface area contributed by atoms with Gasteiger partial charge in [-0.25, -0.2) is 4.98 Å². The standard InChI is InChI=1S/C23H27Cl2N3O3/c1-2-3-12-31-22-17(6-4-10-26-22)14-27-21(29)18-7-5-11-28(15-18)23(30)16-8-9-19(24)20(25)13-16/h4,6,8-10,13,18H,2-3,5,7,11-12,14-15H2,1H3,(H,27,29). The molecule has 1 aliphatic heterocycles. The highest BCUT2D eigenvalue weighted by atomic mass is 35.5. The van der Waals surface area contributed by atoms with Crippen LogP contribution in [-0.4, -0.2) is 41.4 Å². The molecule has 1 N–H and O–H groups in total. The number of benzene rings is 1. The van der Waals surface area contributed by atoms with E-state index in [4.69, 9.17) is 27.9 Å². The summed E-state index contributed by atoms with van der Waals surface area (Å²) in [6, 6.07) is 8.56. The molecule has 0 saturated carbocycles. The lowest BCUT2D eigenvalue weighted by atomic mass is 9.96. The minimum atomic E-state index is -0.262. The molecular weight excluding hydrogens is 437 g/mol. The number of unbranched alkanes of at least 4 members (excludes halogenated alkanes) is 1. The zero-order valence-corrected chi connectivity index (χ0v) is 19.1. The molecular formula is C23H27Cl2N3O3. The second-order valence-electron chi connectivity index (χ2n) is 7.61. The number of hydrogen-bond acceptors (Lipinski definition) is 4. The van der Waals surface area contributed by atoms with Crippen LogP contribution in [0.25, 0.3) is 0 Å². The van der Waals surface area contributed by atoms with Gasteiger partial charge >= 0.3 is 0 Å². The summed E-state index contributed by atoms with van der Waals surface area (Å²) < 4.78 is 5.74. The van der Waals surface area contributed by atoms with Gasteiger partial charge in [-0.2, -0.15) is 0 Å². The summed E-state index contributed by atoms with van der Waals surface area (Å²) in [5.74, 6) is 0.0721. The summed E-state index contributed by atoms with van der Waals surface area (Å²) in [5, 5.41) is 3.73. The van der Waals surface area contributed by atoms with E-state index in [1.54, 1.807) is 29.3 Å². The average molecular weight is 464 g/mol. The van der Waals surface area contributed by atoms with Gasteiger partial charge in [0.15, 0.2) is 0 Å². The third-order valence-corrected chi connectivity index (χ3v) is 6.02. The Hall–Kier alpha value is -2.31. The predicted octanol–water partition coefficient (Wildman–Crippen LogP) is 4.74. The van der Waals surface area contributed by atoms with Gasteiger partial charge in [0.05, 0.1) is 22.6 Å². The monoisotopic (exact) mass is 463 g/mol. The molecule has 0 spiro atoms. The van der Waals surface area contributed by atoms with Crippen LogP contribution in [0.15, 0.2) is 36.5 Å². The molecule has 1 fully saturated rings. The van der Waals surface area contributed by atoms with Crippen LogP contribution in [0.5, 0.6) is 5.88 Å². The first kappa shape index (κ1) is 23.4. The predicted molar refractivity (Wildman–Crippen MR) is 122 cm³/mol. The molecule has 3 rings (SSSR count). The fourth-order valence-electron chi connectivity index (χ4n) is 3.52. The van der Waals surface area contributed by atoms with Gasteiger partial charge in [-0.05, 0) is 43.5 Å². The largest absolute Gasteiger partial charge is 0.477 e. The second-order valence-corrected chi connectivity index (χ2v) is 8.42. The van der Waals surface area contributed by atoms with Gasteiger partial charge in [0.2, 0.25) is 11.8 Å². The molecule has 31 heavy (non-hydrogen) atoms. The van der Waals surface area contributed by atoms with E-state index >= 15 is 0 Å². The quantitative estimate of drug-likeness (QED) is 0.573. The molecule has 2 amide bonds. The lowest BCUT2D eigenvalue weighted by molar-refractivity contribution is -0.126. The first-order valence-corrected chi connectivity index (χ1v) is 11.3. The van der Waals surface area contributed by atoms with Crippen LogP contribution in [-0.2, 0) is 11.3 Å². The Bertz CT molecular complexity index is 923. The van der Waals surface area contributed by atoms with Gasteiger partial charge in [0, 0.05) is 37.0 Å². The fraction of sp³-hybridized carbons (Fsp3) is 0.435. The molecule has 1 aromatic carbocycles. The Balaban J connectivity index is 1.57. The maximum atomic E-state index is 12.8. The number of rotatable bonds is 8. The number of aromatic nitrogens is 1. The number of amides is 2. The van der Waals surface area contributed by atoms with E-state index in [2.05, 4.69) is 17.2 Å². The first-order chi connectivity index (χ1) is 15.0. The van der Waals surface area contributed by atoms with Gasteiger partial charge in [0.1, 0.15) is 0 Å². The Labute approximate surface area is 192 Å². The van der Waals surface area contributed by atoms with E-state index in [1.807, 2.05) is 12.1 Å².